The summed E-state index contributed by atoms with van der Waals surface area (Å²) in [5, 5.41) is 11.1. The van der Waals surface area contributed by atoms with Crippen molar-refractivity contribution < 1.29 is 27.8 Å². The summed E-state index contributed by atoms with van der Waals surface area (Å²) in [5.74, 6) is -0.353. The van der Waals surface area contributed by atoms with Crippen molar-refractivity contribution in [2.75, 3.05) is 0 Å². The normalized spacial score (nSPS) is 39.1. The van der Waals surface area contributed by atoms with Crippen LogP contribution in [0.25, 0.3) is 0 Å². The minimum Gasteiger partial charge on any atom is -0.483 e. The van der Waals surface area contributed by atoms with Crippen LogP contribution in [-0.4, -0.2) is 28.3 Å². The molecule has 3 atom stereocenters. The number of alkyl halides is 3. The maximum absolute atomic E-state index is 14.2. The van der Waals surface area contributed by atoms with Gasteiger partial charge >= 0.3 is 6.18 Å². The van der Waals surface area contributed by atoms with Crippen molar-refractivity contribution in [3.63, 3.8) is 0 Å². The van der Waals surface area contributed by atoms with E-state index in [2.05, 4.69) is 0 Å². The Balaban J connectivity index is 2.32. The summed E-state index contributed by atoms with van der Waals surface area (Å²) < 4.78 is 48.6. The van der Waals surface area contributed by atoms with E-state index in [0.29, 0.717) is 5.57 Å². The van der Waals surface area contributed by atoms with Gasteiger partial charge in [0.15, 0.2) is 11.4 Å². The molecule has 2 bridgehead atoms. The van der Waals surface area contributed by atoms with Crippen LogP contribution in [0.2, 0.25) is 0 Å². The van der Waals surface area contributed by atoms with E-state index in [1.54, 1.807) is 26.0 Å². The number of hydrogen-bond donors (Lipinski definition) is 1. The summed E-state index contributed by atoms with van der Waals surface area (Å²) in [7, 11) is 0. The van der Waals surface area contributed by atoms with E-state index in [1.165, 1.54) is 19.1 Å². The molecule has 1 aliphatic carbocycles. The van der Waals surface area contributed by atoms with Gasteiger partial charge < -0.3 is 9.84 Å². The predicted octanol–water partition coefficient (Wildman–Crippen LogP) is 4.79. The first-order valence-corrected chi connectivity index (χ1v) is 9.06. The van der Waals surface area contributed by atoms with Gasteiger partial charge in [-0.05, 0) is 48.5 Å². The maximum Gasteiger partial charge on any atom is 0.425 e. The van der Waals surface area contributed by atoms with E-state index in [1.807, 2.05) is 13.8 Å². The fourth-order valence-corrected chi connectivity index (χ4v) is 4.38. The number of ketones is 1. The molecular formula is C21H25F3O3. The van der Waals surface area contributed by atoms with E-state index in [0.717, 1.165) is 0 Å². The monoisotopic (exact) mass is 382 g/mol. The lowest BCUT2D eigenvalue weighted by Gasteiger charge is -2.42. The molecule has 0 saturated heterocycles. The van der Waals surface area contributed by atoms with Crippen LogP contribution >= 0.6 is 0 Å². The Morgan fingerprint density at radius 3 is 2.48 bits per heavy atom. The second kappa shape index (κ2) is 5.84. The van der Waals surface area contributed by atoms with E-state index in [9.17, 15) is 23.1 Å². The quantitative estimate of drug-likeness (QED) is 0.655. The van der Waals surface area contributed by atoms with E-state index in [4.69, 9.17) is 4.74 Å². The summed E-state index contributed by atoms with van der Waals surface area (Å²) in [6.45, 7) is 8.29. The van der Waals surface area contributed by atoms with Gasteiger partial charge in [0.2, 0.25) is 5.60 Å². The average molecular weight is 382 g/mol. The topological polar surface area (TPSA) is 46.5 Å². The Kier molecular flexibility index (Phi) is 4.31. The van der Waals surface area contributed by atoms with Crippen molar-refractivity contribution in [2.45, 2.75) is 64.8 Å². The Morgan fingerprint density at radius 1 is 1.26 bits per heavy atom. The van der Waals surface area contributed by atoms with Crippen molar-refractivity contribution in [3.05, 3.63) is 46.8 Å². The third-order valence-corrected chi connectivity index (χ3v) is 5.86. The summed E-state index contributed by atoms with van der Waals surface area (Å²) in [4.78, 5) is 12.4. The fourth-order valence-electron chi connectivity index (χ4n) is 4.38. The van der Waals surface area contributed by atoms with Crippen LogP contribution in [0.4, 0.5) is 13.2 Å². The van der Waals surface area contributed by atoms with Crippen LogP contribution in [-0.2, 0) is 9.53 Å². The molecular weight excluding hydrogens is 357 g/mol. The molecule has 0 amide bonds. The van der Waals surface area contributed by atoms with Crippen LogP contribution in [0.15, 0.2) is 46.8 Å². The SMILES string of the molecule is CC1=C2CC(C)(C)/C=C/C(=O)/C(C)=C\C3=C[C@H](C)C[C@]3(O2)[C@@]1(O)C(F)(F)F. The molecule has 0 fully saturated rings. The van der Waals surface area contributed by atoms with E-state index < -0.39 is 22.8 Å². The van der Waals surface area contributed by atoms with Crippen LogP contribution in [0.5, 0.6) is 0 Å². The number of hydrogen-bond acceptors (Lipinski definition) is 3. The Hall–Kier alpha value is -1.82. The Labute approximate surface area is 157 Å². The van der Waals surface area contributed by atoms with Crippen LogP contribution < -0.4 is 0 Å². The standard InChI is InChI=1S/C21H25F3O3/c1-12-8-15-9-13(2)16(25)6-7-18(4,5)11-17-14(3)20(26,21(22,23)24)19(15,10-12)27-17/h6-9,12,26H,10-11H2,1-5H3/b7-6+,13-9-/t12-,19+,20+/m0/s1. The third kappa shape index (κ3) is 2.80. The zero-order chi connectivity index (χ0) is 20.4. The molecule has 3 rings (SSSR count). The molecule has 1 spiro atoms. The zero-order valence-corrected chi connectivity index (χ0v) is 16.2. The maximum atomic E-state index is 14.2. The molecule has 2 heterocycles. The van der Waals surface area contributed by atoms with Crippen LogP contribution in [0, 0.1) is 11.3 Å². The summed E-state index contributed by atoms with van der Waals surface area (Å²) in [5.41, 5.74) is -5.39. The molecule has 1 N–H and O–H groups in total. The van der Waals surface area contributed by atoms with Crippen molar-refractivity contribution in [2.24, 2.45) is 11.3 Å². The van der Waals surface area contributed by atoms with Gasteiger partial charge in [-0.3, -0.25) is 4.79 Å². The summed E-state index contributed by atoms with van der Waals surface area (Å²) >= 11 is 0. The Bertz CT molecular complexity index is 813. The molecule has 27 heavy (non-hydrogen) atoms. The van der Waals surface area contributed by atoms with Crippen molar-refractivity contribution >= 4 is 5.78 Å². The van der Waals surface area contributed by atoms with Crippen LogP contribution in [0.3, 0.4) is 0 Å². The van der Waals surface area contributed by atoms with Crippen LogP contribution in [0.1, 0.15) is 47.5 Å². The van der Waals surface area contributed by atoms with Gasteiger partial charge in [0.1, 0.15) is 5.76 Å². The highest BCUT2D eigenvalue weighted by Gasteiger charge is 2.74. The van der Waals surface area contributed by atoms with Gasteiger partial charge in [0.25, 0.3) is 0 Å². The number of allylic oxidation sites excluding steroid dienone is 5. The molecule has 148 valence electrons. The van der Waals surface area contributed by atoms with Gasteiger partial charge in [-0.25, -0.2) is 0 Å². The number of halogens is 3. The second-order valence-corrected chi connectivity index (χ2v) is 8.68. The van der Waals surface area contributed by atoms with Gasteiger partial charge in [-0.2, -0.15) is 13.2 Å². The fraction of sp³-hybridized carbons (Fsp3) is 0.571. The predicted molar refractivity (Wildman–Crippen MR) is 95.7 cm³/mol. The first-order valence-electron chi connectivity index (χ1n) is 9.06. The minimum atomic E-state index is -4.92. The minimum absolute atomic E-state index is 0.00892. The number of rotatable bonds is 0. The lowest BCUT2D eigenvalue weighted by atomic mass is 9.73. The zero-order valence-electron chi connectivity index (χ0n) is 16.2. The molecule has 0 aromatic carbocycles. The first-order chi connectivity index (χ1) is 12.2. The second-order valence-electron chi connectivity index (χ2n) is 8.68. The van der Waals surface area contributed by atoms with Gasteiger partial charge in [0.05, 0.1) is 0 Å². The van der Waals surface area contributed by atoms with Gasteiger partial charge in [-0.1, -0.05) is 32.9 Å². The molecule has 0 radical (unpaired) electrons. The highest BCUT2D eigenvalue weighted by Crippen LogP contribution is 2.60. The lowest BCUT2D eigenvalue weighted by molar-refractivity contribution is -0.284. The average Bonchev–Trinajstić information content (AvgIpc) is 2.94. The molecule has 0 saturated carbocycles. The third-order valence-electron chi connectivity index (χ3n) is 5.86. The molecule has 2 aliphatic heterocycles. The van der Waals surface area contributed by atoms with E-state index in [-0.39, 0.29) is 41.4 Å². The summed E-state index contributed by atoms with van der Waals surface area (Å²) in [6, 6.07) is 0. The molecule has 3 aliphatic rings. The molecule has 3 nitrogen and oxygen atoms in total. The van der Waals surface area contributed by atoms with E-state index >= 15 is 0 Å². The number of aliphatic hydroxyl groups is 1. The Morgan fingerprint density at radius 2 is 1.89 bits per heavy atom. The van der Waals surface area contributed by atoms with Gasteiger partial charge in [-0.15, -0.1) is 0 Å². The van der Waals surface area contributed by atoms with Crippen molar-refractivity contribution in [3.8, 4) is 0 Å². The number of fused-ring (bicyclic) bond motifs is 1. The molecule has 0 aromatic heterocycles. The smallest absolute Gasteiger partial charge is 0.425 e. The lowest BCUT2D eigenvalue weighted by Crippen LogP contribution is -2.61. The highest BCUT2D eigenvalue weighted by atomic mass is 19.4. The molecule has 6 heteroatoms. The number of ether oxygens (including phenoxy) is 1. The van der Waals surface area contributed by atoms with Crippen molar-refractivity contribution in [1.82, 2.24) is 0 Å². The molecule has 0 unspecified atom stereocenters. The molecule has 0 aromatic rings. The first kappa shape index (κ1) is 19.9. The highest BCUT2D eigenvalue weighted by molar-refractivity contribution is 6.04. The largest absolute Gasteiger partial charge is 0.483 e. The van der Waals surface area contributed by atoms with Gasteiger partial charge in [0, 0.05) is 18.4 Å². The summed E-state index contributed by atoms with van der Waals surface area (Å²) in [6.07, 6.45) is 1.47. The number of carbonyl (C=O) groups is 1. The van der Waals surface area contributed by atoms with Crippen molar-refractivity contribution in [1.29, 1.82) is 0 Å². The number of carbonyl (C=O) groups excluding carboxylic acids is 1.